The lowest BCUT2D eigenvalue weighted by atomic mass is 10.1. The number of amides is 1. The molecule has 292 valence electrons. The van der Waals surface area contributed by atoms with Crippen molar-refractivity contribution in [3.63, 3.8) is 0 Å². The smallest absolute Gasteiger partial charge is 0.237 e. The second-order valence-corrected chi connectivity index (χ2v) is 17.4. The maximum Gasteiger partial charge on any atom is 0.237 e. The fourth-order valence-corrected chi connectivity index (χ4v) is 9.56. The fourth-order valence-electron chi connectivity index (χ4n) is 6.70. The van der Waals surface area contributed by atoms with Crippen molar-refractivity contribution in [1.82, 2.24) is 20.0 Å². The Morgan fingerprint density at radius 3 is 1.82 bits per heavy atom. The maximum absolute atomic E-state index is 12.4. The molecule has 0 saturated carbocycles. The second kappa shape index (κ2) is 20.5. The fraction of sp³-hybridized carbons (Fsp3) is 0.349. The highest BCUT2D eigenvalue weighted by molar-refractivity contribution is 7.99. The molecule has 6 rings (SSSR count). The van der Waals surface area contributed by atoms with E-state index in [4.69, 9.17) is 28.3 Å². The first kappa shape index (κ1) is 43.2. The van der Waals surface area contributed by atoms with Crippen LogP contribution in [-0.2, 0) is 22.7 Å². The zero-order chi connectivity index (χ0) is 40.4. The number of aliphatic hydroxyl groups is 1. The van der Waals surface area contributed by atoms with Gasteiger partial charge in [-0.05, 0) is 123 Å². The van der Waals surface area contributed by atoms with Gasteiger partial charge in [-0.3, -0.25) is 19.4 Å². The SMILES string of the molecule is Cc1cc(Cl)cc(Sc2ccc(C#N)cc2CN2CCN(C(C)C)C(=O)C2)c1.Cc1cc(Cl)cc(Sc2ccc(C#N)cc2CN2CCNC(C(=O)CO)C2)c1. The van der Waals surface area contributed by atoms with Crippen LogP contribution in [-0.4, -0.2) is 89.5 Å². The molecule has 2 aliphatic rings. The molecular weight excluding hydrogens is 784 g/mol. The lowest BCUT2D eigenvalue weighted by molar-refractivity contribution is -0.138. The van der Waals surface area contributed by atoms with Gasteiger partial charge in [0.15, 0.2) is 5.78 Å². The third-order valence-corrected chi connectivity index (χ3v) is 12.0. The average Bonchev–Trinajstić information content (AvgIpc) is 3.15. The van der Waals surface area contributed by atoms with Gasteiger partial charge >= 0.3 is 0 Å². The highest BCUT2D eigenvalue weighted by Crippen LogP contribution is 2.35. The van der Waals surface area contributed by atoms with Gasteiger partial charge in [0.25, 0.3) is 0 Å². The number of aryl methyl sites for hydroxylation is 2. The number of hydrogen-bond acceptors (Lipinski definition) is 10. The van der Waals surface area contributed by atoms with Crippen molar-refractivity contribution in [2.24, 2.45) is 0 Å². The first-order chi connectivity index (χ1) is 26.8. The molecule has 2 N–H and O–H groups in total. The van der Waals surface area contributed by atoms with Crippen molar-refractivity contribution >= 4 is 58.4 Å². The first-order valence-corrected chi connectivity index (χ1v) is 20.8. The molecular formula is C43H46Cl2N6O3S2. The number of halogens is 2. The molecule has 13 heteroatoms. The zero-order valence-electron chi connectivity index (χ0n) is 32.0. The summed E-state index contributed by atoms with van der Waals surface area (Å²) in [6.07, 6.45) is 0. The summed E-state index contributed by atoms with van der Waals surface area (Å²) in [5, 5.41) is 32.3. The molecule has 0 aromatic heterocycles. The van der Waals surface area contributed by atoms with Gasteiger partial charge in [-0.25, -0.2) is 0 Å². The Labute approximate surface area is 348 Å². The number of piperazine rings is 2. The Balaban J connectivity index is 0.000000214. The third-order valence-electron chi connectivity index (χ3n) is 9.42. The number of rotatable bonds is 11. The Bertz CT molecular complexity index is 2100. The van der Waals surface area contributed by atoms with Crippen molar-refractivity contribution in [1.29, 1.82) is 10.5 Å². The van der Waals surface area contributed by atoms with E-state index in [-0.39, 0.29) is 23.8 Å². The van der Waals surface area contributed by atoms with E-state index >= 15 is 0 Å². The third kappa shape index (κ3) is 12.3. The summed E-state index contributed by atoms with van der Waals surface area (Å²) in [4.78, 5) is 34.8. The summed E-state index contributed by atoms with van der Waals surface area (Å²) in [6, 6.07) is 27.7. The van der Waals surface area contributed by atoms with E-state index in [1.54, 1.807) is 23.5 Å². The number of hydrogen-bond donors (Lipinski definition) is 2. The topological polar surface area (TPSA) is 124 Å². The quantitative estimate of drug-likeness (QED) is 0.155. The van der Waals surface area contributed by atoms with Gasteiger partial charge in [-0.2, -0.15) is 10.5 Å². The summed E-state index contributed by atoms with van der Waals surface area (Å²) in [7, 11) is 0. The number of carbonyl (C=O) groups excluding carboxylic acids is 2. The number of nitrogens with one attached hydrogen (secondary N) is 1. The molecule has 1 atom stereocenters. The molecule has 0 radical (unpaired) electrons. The number of benzene rings is 4. The standard InChI is InChI=1S/C22H24ClN3OS.C21H22ClN3O2S/c1-15(2)26-7-6-25(14-22(26)27)13-18-10-17(12-24)4-5-21(18)28-20-9-16(3)8-19(23)11-20;1-14-6-17(22)9-18(7-14)28-21-3-2-15(10-23)8-16(21)11-25-5-4-24-19(12-25)20(27)13-26/h4-5,8-11,15H,6-7,13-14H2,1-3H3;2-3,6-9,19,24,26H,4-5,11-13H2,1H3. The highest BCUT2D eigenvalue weighted by atomic mass is 35.5. The largest absolute Gasteiger partial charge is 0.389 e. The molecule has 56 heavy (non-hydrogen) atoms. The van der Waals surface area contributed by atoms with E-state index in [1.807, 2.05) is 93.3 Å². The molecule has 2 heterocycles. The summed E-state index contributed by atoms with van der Waals surface area (Å²) < 4.78 is 0. The van der Waals surface area contributed by atoms with Crippen LogP contribution in [0.3, 0.4) is 0 Å². The normalized spacial score (nSPS) is 16.2. The predicted molar refractivity (Wildman–Crippen MR) is 224 cm³/mol. The summed E-state index contributed by atoms with van der Waals surface area (Å²) in [5.74, 6) is -0.0307. The minimum Gasteiger partial charge on any atom is -0.389 e. The van der Waals surface area contributed by atoms with Crippen molar-refractivity contribution < 1.29 is 14.7 Å². The van der Waals surface area contributed by atoms with Crippen molar-refractivity contribution in [3.05, 3.63) is 116 Å². The number of nitriles is 2. The highest BCUT2D eigenvalue weighted by Gasteiger charge is 2.27. The molecule has 0 spiro atoms. The number of carbonyl (C=O) groups is 2. The number of ketones is 1. The predicted octanol–water partition coefficient (Wildman–Crippen LogP) is 7.73. The van der Waals surface area contributed by atoms with E-state index in [2.05, 4.69) is 39.4 Å². The molecule has 2 fully saturated rings. The van der Waals surface area contributed by atoms with Crippen LogP contribution in [0.4, 0.5) is 0 Å². The van der Waals surface area contributed by atoms with Gasteiger partial charge in [0.1, 0.15) is 6.61 Å². The van der Waals surface area contributed by atoms with Crippen LogP contribution in [0.5, 0.6) is 0 Å². The van der Waals surface area contributed by atoms with Crippen LogP contribution < -0.4 is 5.32 Å². The number of nitrogens with zero attached hydrogens (tertiary/aromatic N) is 5. The summed E-state index contributed by atoms with van der Waals surface area (Å²) in [6.45, 7) is 13.0. The van der Waals surface area contributed by atoms with Crippen molar-refractivity contribution in [2.45, 2.75) is 72.5 Å². The van der Waals surface area contributed by atoms with Crippen molar-refractivity contribution in [3.8, 4) is 12.1 Å². The van der Waals surface area contributed by atoms with E-state index in [1.165, 1.54) is 0 Å². The Morgan fingerprint density at radius 2 is 1.36 bits per heavy atom. The molecule has 0 bridgehead atoms. The van der Waals surface area contributed by atoms with Gasteiger partial charge in [0.05, 0.1) is 35.9 Å². The van der Waals surface area contributed by atoms with Crippen LogP contribution in [0.1, 0.15) is 47.2 Å². The van der Waals surface area contributed by atoms with Gasteiger partial charge in [0, 0.05) is 81.5 Å². The van der Waals surface area contributed by atoms with E-state index < -0.39 is 6.61 Å². The molecule has 1 amide bonds. The number of Topliss-reactive ketones (excluding diaryl/α,β-unsaturated/α-hetero) is 1. The van der Waals surface area contributed by atoms with E-state index in [0.717, 1.165) is 61.5 Å². The Kier molecular flexibility index (Phi) is 15.8. The van der Waals surface area contributed by atoms with Crippen LogP contribution >= 0.6 is 46.7 Å². The number of aliphatic hydroxyl groups excluding tert-OH is 1. The minimum absolute atomic E-state index is 0.164. The summed E-state index contributed by atoms with van der Waals surface area (Å²) in [5.41, 5.74) is 5.55. The first-order valence-electron chi connectivity index (χ1n) is 18.4. The van der Waals surface area contributed by atoms with E-state index in [9.17, 15) is 20.1 Å². The van der Waals surface area contributed by atoms with Crippen LogP contribution in [0, 0.1) is 36.5 Å². The molecule has 2 saturated heterocycles. The van der Waals surface area contributed by atoms with Crippen LogP contribution in [0.2, 0.25) is 10.0 Å². The molecule has 4 aromatic carbocycles. The average molecular weight is 830 g/mol. The molecule has 1 unspecified atom stereocenters. The molecule has 2 aliphatic heterocycles. The van der Waals surface area contributed by atoms with Crippen LogP contribution in [0.25, 0.3) is 0 Å². The van der Waals surface area contributed by atoms with Crippen molar-refractivity contribution in [2.75, 3.05) is 45.9 Å². The monoisotopic (exact) mass is 828 g/mol. The van der Waals surface area contributed by atoms with E-state index in [0.29, 0.717) is 53.9 Å². The second-order valence-electron chi connectivity index (χ2n) is 14.3. The molecule has 9 nitrogen and oxygen atoms in total. The summed E-state index contributed by atoms with van der Waals surface area (Å²) >= 11 is 15.7. The Hall–Kier alpha value is -3.88. The lowest BCUT2D eigenvalue weighted by Gasteiger charge is -2.36. The molecule has 4 aromatic rings. The molecule has 0 aliphatic carbocycles. The van der Waals surface area contributed by atoms with Crippen LogP contribution in [0.15, 0.2) is 92.4 Å². The maximum atomic E-state index is 12.4. The zero-order valence-corrected chi connectivity index (χ0v) is 35.2. The minimum atomic E-state index is -0.454. The van der Waals surface area contributed by atoms with Gasteiger partial charge in [-0.15, -0.1) is 0 Å². The van der Waals surface area contributed by atoms with Gasteiger partial charge in [0.2, 0.25) is 5.91 Å². The van der Waals surface area contributed by atoms with Gasteiger partial charge < -0.3 is 15.3 Å². The lowest BCUT2D eigenvalue weighted by Crippen LogP contribution is -2.54. The van der Waals surface area contributed by atoms with Gasteiger partial charge in [-0.1, -0.05) is 46.7 Å². The Morgan fingerprint density at radius 1 is 0.821 bits per heavy atom.